The van der Waals surface area contributed by atoms with Crippen LogP contribution >= 0.6 is 0 Å². The molecule has 0 bridgehead atoms. The Morgan fingerprint density at radius 3 is 2.37 bits per heavy atom. The van der Waals surface area contributed by atoms with Crippen molar-refractivity contribution < 1.29 is 22.7 Å². The lowest BCUT2D eigenvalue weighted by atomic mass is 10.1. The Hall–Kier alpha value is -3.76. The van der Waals surface area contributed by atoms with E-state index in [2.05, 4.69) is 20.3 Å². The van der Waals surface area contributed by atoms with Crippen LogP contribution in [0.3, 0.4) is 0 Å². The Labute approximate surface area is 204 Å². The summed E-state index contributed by atoms with van der Waals surface area (Å²) in [7, 11) is -2.50. The molecular weight excluding hydrogens is 468 g/mol. The molecule has 1 aliphatic carbocycles. The molecule has 182 valence electrons. The monoisotopic (exact) mass is 494 g/mol. The van der Waals surface area contributed by atoms with E-state index in [0.29, 0.717) is 17.1 Å². The van der Waals surface area contributed by atoms with E-state index in [1.165, 1.54) is 31.4 Å². The molecule has 3 aromatic rings. The number of hydrogen-bond donors (Lipinski definition) is 3. The van der Waals surface area contributed by atoms with Crippen LogP contribution in [0.15, 0.2) is 71.8 Å². The molecule has 0 atom stereocenters. The fourth-order valence-corrected chi connectivity index (χ4v) is 5.42. The van der Waals surface area contributed by atoms with E-state index in [1.54, 1.807) is 42.6 Å². The van der Waals surface area contributed by atoms with Gasteiger partial charge in [-0.05, 0) is 61.4 Å². The van der Waals surface area contributed by atoms with E-state index < -0.39 is 15.9 Å². The first-order valence-corrected chi connectivity index (χ1v) is 12.7. The number of rotatable bonds is 8. The molecule has 1 aliphatic rings. The summed E-state index contributed by atoms with van der Waals surface area (Å²) in [6, 6.07) is 15.7. The number of hydrogen-bond acceptors (Lipinski definition) is 6. The van der Waals surface area contributed by atoms with Gasteiger partial charge in [-0.3, -0.25) is 9.59 Å². The Balaban J connectivity index is 1.51. The normalized spacial score (nSPS) is 13.9. The van der Waals surface area contributed by atoms with E-state index in [4.69, 9.17) is 4.74 Å². The van der Waals surface area contributed by atoms with Gasteiger partial charge < -0.3 is 15.4 Å². The summed E-state index contributed by atoms with van der Waals surface area (Å²) in [4.78, 5) is 29.4. The predicted molar refractivity (Wildman–Crippen MR) is 132 cm³/mol. The van der Waals surface area contributed by atoms with E-state index in [1.807, 2.05) is 0 Å². The van der Waals surface area contributed by atoms with Gasteiger partial charge in [0, 0.05) is 29.1 Å². The molecule has 0 saturated heterocycles. The summed E-state index contributed by atoms with van der Waals surface area (Å²) in [5.74, 6) is -0.340. The van der Waals surface area contributed by atoms with Gasteiger partial charge in [0.05, 0.1) is 7.11 Å². The van der Waals surface area contributed by atoms with Crippen molar-refractivity contribution in [3.8, 4) is 5.75 Å². The summed E-state index contributed by atoms with van der Waals surface area (Å²) in [5.41, 5.74) is 0.848. The van der Waals surface area contributed by atoms with Gasteiger partial charge in [-0.15, -0.1) is 0 Å². The van der Waals surface area contributed by atoms with Gasteiger partial charge in [0.2, 0.25) is 10.0 Å². The Morgan fingerprint density at radius 2 is 1.66 bits per heavy atom. The third-order valence-corrected chi connectivity index (χ3v) is 7.22. The van der Waals surface area contributed by atoms with Crippen LogP contribution in [0.2, 0.25) is 0 Å². The van der Waals surface area contributed by atoms with Crippen molar-refractivity contribution in [3.63, 3.8) is 0 Å². The Bertz CT molecular complexity index is 1320. The van der Waals surface area contributed by atoms with Gasteiger partial charge in [-0.25, -0.2) is 18.1 Å². The summed E-state index contributed by atoms with van der Waals surface area (Å²) in [5, 5.41) is 5.40. The highest BCUT2D eigenvalue weighted by Gasteiger charge is 2.26. The van der Waals surface area contributed by atoms with Crippen LogP contribution in [0, 0.1) is 0 Å². The SMILES string of the molecule is COc1ccc(C(=O)Nc2cccc(C(=O)Nc3ccccn3)c2)cc1S(=O)(=O)NC1CCCC1. The fourth-order valence-electron chi connectivity index (χ4n) is 3.92. The molecule has 2 amide bonds. The van der Waals surface area contributed by atoms with Gasteiger partial charge >= 0.3 is 0 Å². The first-order valence-electron chi connectivity index (χ1n) is 11.2. The second-order valence-corrected chi connectivity index (χ2v) is 9.85. The van der Waals surface area contributed by atoms with Crippen molar-refractivity contribution in [2.75, 3.05) is 17.7 Å². The molecule has 1 heterocycles. The topological polar surface area (TPSA) is 126 Å². The number of aromatic nitrogens is 1. The number of sulfonamides is 1. The molecule has 4 rings (SSSR count). The number of benzene rings is 2. The van der Waals surface area contributed by atoms with Crippen LogP contribution in [0.4, 0.5) is 11.5 Å². The maximum atomic E-state index is 13.0. The van der Waals surface area contributed by atoms with Crippen molar-refractivity contribution in [2.24, 2.45) is 0 Å². The van der Waals surface area contributed by atoms with Crippen LogP contribution in [-0.4, -0.2) is 38.4 Å². The highest BCUT2D eigenvalue weighted by molar-refractivity contribution is 7.89. The highest BCUT2D eigenvalue weighted by Crippen LogP contribution is 2.27. The lowest BCUT2D eigenvalue weighted by Gasteiger charge is -2.16. The molecule has 1 saturated carbocycles. The van der Waals surface area contributed by atoms with Gasteiger partial charge in [-0.2, -0.15) is 0 Å². The average Bonchev–Trinajstić information content (AvgIpc) is 3.36. The van der Waals surface area contributed by atoms with Crippen LogP contribution in [0.1, 0.15) is 46.4 Å². The van der Waals surface area contributed by atoms with E-state index in [9.17, 15) is 18.0 Å². The van der Waals surface area contributed by atoms with E-state index >= 15 is 0 Å². The number of nitrogens with one attached hydrogen (secondary N) is 3. The number of carbonyl (C=O) groups excluding carboxylic acids is 2. The lowest BCUT2D eigenvalue weighted by molar-refractivity contribution is 0.101. The standard InChI is InChI=1S/C25H26N4O5S/c1-34-21-13-12-18(16-22(21)35(32,33)29-19-8-2-3-9-19)24(30)27-20-10-6-7-17(15-20)25(31)28-23-11-4-5-14-26-23/h4-7,10-16,19,29H,2-3,8-9H2,1H3,(H,27,30)(H,26,28,31). The summed E-state index contributed by atoms with van der Waals surface area (Å²) in [6.07, 6.45) is 5.09. The molecule has 3 N–H and O–H groups in total. The lowest BCUT2D eigenvalue weighted by Crippen LogP contribution is -2.33. The third-order valence-electron chi connectivity index (χ3n) is 5.68. The Kier molecular flexibility index (Phi) is 7.42. The van der Waals surface area contributed by atoms with E-state index in [-0.39, 0.29) is 28.2 Å². The Morgan fingerprint density at radius 1 is 0.914 bits per heavy atom. The first-order chi connectivity index (χ1) is 16.9. The number of pyridine rings is 1. The quantitative estimate of drug-likeness (QED) is 0.437. The third kappa shape index (κ3) is 6.03. The number of nitrogens with zero attached hydrogens (tertiary/aromatic N) is 1. The van der Waals surface area contributed by atoms with Crippen molar-refractivity contribution >= 4 is 33.3 Å². The largest absolute Gasteiger partial charge is 0.495 e. The second-order valence-electron chi connectivity index (χ2n) is 8.17. The molecular formula is C25H26N4O5S. The zero-order valence-electron chi connectivity index (χ0n) is 19.2. The van der Waals surface area contributed by atoms with Crippen LogP contribution < -0.4 is 20.1 Å². The van der Waals surface area contributed by atoms with Crippen molar-refractivity contribution in [3.05, 3.63) is 78.0 Å². The number of ether oxygens (including phenoxy) is 1. The molecule has 0 aliphatic heterocycles. The second kappa shape index (κ2) is 10.7. The molecule has 35 heavy (non-hydrogen) atoms. The van der Waals surface area contributed by atoms with Gasteiger partial charge in [-0.1, -0.05) is 25.0 Å². The van der Waals surface area contributed by atoms with Crippen LogP contribution in [-0.2, 0) is 10.0 Å². The summed E-state index contributed by atoms with van der Waals surface area (Å²) >= 11 is 0. The van der Waals surface area contributed by atoms with Gasteiger partial charge in [0.1, 0.15) is 16.5 Å². The number of amides is 2. The highest BCUT2D eigenvalue weighted by atomic mass is 32.2. The number of methoxy groups -OCH3 is 1. The molecule has 1 aromatic heterocycles. The molecule has 1 fully saturated rings. The molecule has 0 radical (unpaired) electrons. The minimum absolute atomic E-state index is 0.0944. The molecule has 2 aromatic carbocycles. The summed E-state index contributed by atoms with van der Waals surface area (Å²) in [6.45, 7) is 0. The number of carbonyl (C=O) groups is 2. The zero-order chi connectivity index (χ0) is 24.8. The molecule has 9 nitrogen and oxygen atoms in total. The van der Waals surface area contributed by atoms with Crippen molar-refractivity contribution in [1.82, 2.24) is 9.71 Å². The average molecular weight is 495 g/mol. The predicted octanol–water partition coefficient (Wildman–Crippen LogP) is 3.82. The molecule has 0 spiro atoms. The first kappa shape index (κ1) is 24.4. The van der Waals surface area contributed by atoms with Gasteiger partial charge in [0.25, 0.3) is 11.8 Å². The van der Waals surface area contributed by atoms with Crippen LogP contribution in [0.25, 0.3) is 0 Å². The minimum atomic E-state index is -3.88. The summed E-state index contributed by atoms with van der Waals surface area (Å²) < 4.78 is 33.9. The maximum Gasteiger partial charge on any atom is 0.256 e. The number of anilines is 2. The van der Waals surface area contributed by atoms with E-state index in [0.717, 1.165) is 25.7 Å². The fraction of sp³-hybridized carbons (Fsp3) is 0.240. The molecule has 0 unspecified atom stereocenters. The van der Waals surface area contributed by atoms with Crippen LogP contribution in [0.5, 0.6) is 5.75 Å². The van der Waals surface area contributed by atoms with Crippen molar-refractivity contribution in [2.45, 2.75) is 36.6 Å². The minimum Gasteiger partial charge on any atom is -0.495 e. The van der Waals surface area contributed by atoms with Crippen molar-refractivity contribution in [1.29, 1.82) is 0 Å². The smallest absolute Gasteiger partial charge is 0.256 e. The van der Waals surface area contributed by atoms with Gasteiger partial charge in [0.15, 0.2) is 0 Å². The maximum absolute atomic E-state index is 13.0. The molecule has 10 heteroatoms. The zero-order valence-corrected chi connectivity index (χ0v) is 20.0.